The highest BCUT2D eigenvalue weighted by Crippen LogP contribution is 2.50. The maximum absolute atomic E-state index is 12.5. The van der Waals surface area contributed by atoms with E-state index < -0.39 is 0 Å². The van der Waals surface area contributed by atoms with E-state index in [1.807, 2.05) is 6.08 Å². The van der Waals surface area contributed by atoms with E-state index in [-0.39, 0.29) is 54.1 Å². The summed E-state index contributed by atoms with van der Waals surface area (Å²) in [7, 11) is 0. The Morgan fingerprint density at radius 3 is 2.46 bits per heavy atom. The molecule has 6 atom stereocenters. The van der Waals surface area contributed by atoms with Crippen molar-refractivity contribution in [3.8, 4) is 0 Å². The van der Waals surface area contributed by atoms with Crippen LogP contribution >= 0.6 is 0 Å². The molecule has 0 radical (unpaired) electrons. The first-order valence-electron chi connectivity index (χ1n) is 9.56. The van der Waals surface area contributed by atoms with E-state index in [1.165, 1.54) is 18.1 Å². The molecule has 0 unspecified atom stereocenters. The molecule has 4 heteroatoms. The molecule has 0 aromatic carbocycles. The van der Waals surface area contributed by atoms with Crippen molar-refractivity contribution >= 4 is 11.8 Å². The van der Waals surface area contributed by atoms with Crippen LogP contribution in [-0.2, 0) is 14.3 Å². The minimum absolute atomic E-state index is 0.00944. The first kappa shape index (κ1) is 20.6. The van der Waals surface area contributed by atoms with Crippen LogP contribution in [0.5, 0.6) is 0 Å². The van der Waals surface area contributed by atoms with E-state index in [9.17, 15) is 14.7 Å². The van der Waals surface area contributed by atoms with Gasteiger partial charge in [-0.3, -0.25) is 9.59 Å². The quantitative estimate of drug-likeness (QED) is 0.577. The summed E-state index contributed by atoms with van der Waals surface area (Å²) in [6.07, 6.45) is 9.19. The molecule has 0 heterocycles. The molecule has 0 aromatic heterocycles. The summed E-state index contributed by atoms with van der Waals surface area (Å²) < 4.78 is 5.53. The maximum Gasteiger partial charge on any atom is 0.302 e. The number of allylic oxidation sites excluding steroid dienone is 6. The molecule has 4 nitrogen and oxygen atoms in total. The fraction of sp³-hybridized carbons (Fsp3) is 0.636. The molecule has 26 heavy (non-hydrogen) atoms. The van der Waals surface area contributed by atoms with Crippen LogP contribution < -0.4 is 0 Å². The molecule has 144 valence electrons. The van der Waals surface area contributed by atoms with Crippen molar-refractivity contribution in [3.63, 3.8) is 0 Å². The van der Waals surface area contributed by atoms with Gasteiger partial charge >= 0.3 is 5.97 Å². The summed E-state index contributed by atoms with van der Waals surface area (Å²) >= 11 is 0. The third-order valence-electron chi connectivity index (χ3n) is 5.88. The molecule has 2 rings (SSSR count). The van der Waals surface area contributed by atoms with Gasteiger partial charge in [-0.2, -0.15) is 0 Å². The summed E-state index contributed by atoms with van der Waals surface area (Å²) in [6, 6.07) is 0. The molecule has 0 spiro atoms. The van der Waals surface area contributed by atoms with Gasteiger partial charge in [0.15, 0.2) is 5.78 Å². The van der Waals surface area contributed by atoms with Gasteiger partial charge in [-0.15, -0.1) is 0 Å². The van der Waals surface area contributed by atoms with Crippen molar-refractivity contribution in [2.45, 2.75) is 53.6 Å². The molecule has 0 bridgehead atoms. The minimum atomic E-state index is -0.333. The summed E-state index contributed by atoms with van der Waals surface area (Å²) in [5.41, 5.74) is 2.49. The number of hydrogen-bond acceptors (Lipinski definition) is 4. The van der Waals surface area contributed by atoms with Crippen LogP contribution in [0.3, 0.4) is 0 Å². The van der Waals surface area contributed by atoms with Gasteiger partial charge in [-0.25, -0.2) is 0 Å². The second-order valence-corrected chi connectivity index (χ2v) is 8.03. The van der Waals surface area contributed by atoms with E-state index in [2.05, 4.69) is 39.8 Å². The Kier molecular flexibility index (Phi) is 6.99. The molecule has 2 aliphatic rings. The number of carbonyl (C=O) groups is 2. The normalized spacial score (nSPS) is 34.2. The summed E-state index contributed by atoms with van der Waals surface area (Å²) in [5.74, 6) is -0.278. The Balaban J connectivity index is 2.33. The smallest absolute Gasteiger partial charge is 0.302 e. The number of aliphatic hydroxyl groups excluding tert-OH is 1. The van der Waals surface area contributed by atoms with Gasteiger partial charge in [0.25, 0.3) is 0 Å². The van der Waals surface area contributed by atoms with E-state index in [4.69, 9.17) is 4.74 Å². The monoisotopic (exact) mass is 360 g/mol. The number of esters is 1. The van der Waals surface area contributed by atoms with Gasteiger partial charge in [0.2, 0.25) is 0 Å². The number of ketones is 1. The highest BCUT2D eigenvalue weighted by Gasteiger charge is 2.51. The first-order chi connectivity index (χ1) is 12.3. The average molecular weight is 360 g/mol. The summed E-state index contributed by atoms with van der Waals surface area (Å²) in [4.78, 5) is 24.1. The van der Waals surface area contributed by atoms with E-state index in [1.54, 1.807) is 6.08 Å². The highest BCUT2D eigenvalue weighted by atomic mass is 16.5. The number of rotatable bonds is 6. The van der Waals surface area contributed by atoms with Gasteiger partial charge < -0.3 is 9.84 Å². The lowest BCUT2D eigenvalue weighted by Gasteiger charge is -2.32. The van der Waals surface area contributed by atoms with Crippen LogP contribution in [0, 0.1) is 29.6 Å². The fourth-order valence-corrected chi connectivity index (χ4v) is 4.63. The zero-order valence-electron chi connectivity index (χ0n) is 16.6. The van der Waals surface area contributed by atoms with Crippen LogP contribution in [0.1, 0.15) is 47.5 Å². The summed E-state index contributed by atoms with van der Waals surface area (Å²) in [6.45, 7) is 9.63. The van der Waals surface area contributed by atoms with Crippen LogP contribution in [0.4, 0.5) is 0 Å². The van der Waals surface area contributed by atoms with Gasteiger partial charge in [0, 0.05) is 25.4 Å². The standard InChI is InChI=1S/C22H32O4/c1-13(2)7-6-8-14(3)17-11-20(26-16(5)24)18(12-23)22(17)21-15(4)9-10-19(21)25/h7-10,15,17-18,20-23H,6,11-12H2,1-5H3/b14-8-/t15-,17+,18-,20+,21-,22-/m1/s1. The average Bonchev–Trinajstić information content (AvgIpc) is 3.05. The topological polar surface area (TPSA) is 63.6 Å². The predicted molar refractivity (Wildman–Crippen MR) is 102 cm³/mol. The zero-order chi connectivity index (χ0) is 19.4. The largest absolute Gasteiger partial charge is 0.462 e. The van der Waals surface area contributed by atoms with Crippen LogP contribution in [-0.4, -0.2) is 29.6 Å². The Morgan fingerprint density at radius 1 is 1.27 bits per heavy atom. The molecule has 0 aliphatic heterocycles. The maximum atomic E-state index is 12.5. The number of carbonyl (C=O) groups excluding carboxylic acids is 2. The van der Waals surface area contributed by atoms with Crippen molar-refractivity contribution < 1.29 is 19.4 Å². The predicted octanol–water partition coefficient (Wildman–Crippen LogP) is 3.86. The molecule has 1 N–H and O–H groups in total. The molecular weight excluding hydrogens is 328 g/mol. The molecule has 0 saturated heterocycles. The van der Waals surface area contributed by atoms with Crippen molar-refractivity contribution in [1.82, 2.24) is 0 Å². The molecule has 2 aliphatic carbocycles. The Morgan fingerprint density at radius 2 is 1.96 bits per heavy atom. The SMILES string of the molecule is CC(=O)O[C@H]1C[C@@H](/C(C)=C\CC=C(C)C)[C@@H]([C@H]2C(=O)C=C[C@H]2C)[C@@H]1CO. The van der Waals surface area contributed by atoms with Gasteiger partial charge in [0.1, 0.15) is 6.10 Å². The van der Waals surface area contributed by atoms with Crippen molar-refractivity contribution in [1.29, 1.82) is 0 Å². The molecule has 1 fully saturated rings. The second kappa shape index (κ2) is 8.81. The number of aliphatic hydroxyl groups is 1. The molecule has 1 saturated carbocycles. The van der Waals surface area contributed by atoms with Crippen LogP contribution in [0.15, 0.2) is 35.5 Å². The Labute approximate surface area is 157 Å². The van der Waals surface area contributed by atoms with Crippen molar-refractivity contribution in [3.05, 3.63) is 35.5 Å². The third kappa shape index (κ3) is 4.53. The van der Waals surface area contributed by atoms with Crippen molar-refractivity contribution in [2.24, 2.45) is 29.6 Å². The number of hydrogen-bond donors (Lipinski definition) is 1. The van der Waals surface area contributed by atoms with E-state index >= 15 is 0 Å². The lowest BCUT2D eigenvalue weighted by molar-refractivity contribution is -0.149. The Hall–Kier alpha value is -1.68. The van der Waals surface area contributed by atoms with Gasteiger partial charge in [0.05, 0.1) is 0 Å². The molecular formula is C22H32O4. The lowest BCUT2D eigenvalue weighted by atomic mass is 9.71. The second-order valence-electron chi connectivity index (χ2n) is 8.03. The molecule has 0 aromatic rings. The summed E-state index contributed by atoms with van der Waals surface area (Å²) in [5, 5.41) is 10.0. The minimum Gasteiger partial charge on any atom is -0.462 e. The third-order valence-corrected chi connectivity index (χ3v) is 5.88. The van der Waals surface area contributed by atoms with Gasteiger partial charge in [-0.1, -0.05) is 36.3 Å². The lowest BCUT2D eigenvalue weighted by Crippen LogP contribution is -2.36. The van der Waals surface area contributed by atoms with Crippen LogP contribution in [0.25, 0.3) is 0 Å². The highest BCUT2D eigenvalue weighted by molar-refractivity contribution is 5.94. The van der Waals surface area contributed by atoms with Crippen LogP contribution in [0.2, 0.25) is 0 Å². The van der Waals surface area contributed by atoms with Gasteiger partial charge in [-0.05, 0) is 57.4 Å². The zero-order valence-corrected chi connectivity index (χ0v) is 16.6. The molecule has 0 amide bonds. The Bertz CT molecular complexity index is 624. The van der Waals surface area contributed by atoms with E-state index in [0.717, 1.165) is 6.42 Å². The van der Waals surface area contributed by atoms with Crippen molar-refractivity contribution in [2.75, 3.05) is 6.61 Å². The fourth-order valence-electron chi connectivity index (χ4n) is 4.63. The number of ether oxygens (including phenoxy) is 1. The first-order valence-corrected chi connectivity index (χ1v) is 9.56. The van der Waals surface area contributed by atoms with E-state index in [0.29, 0.717) is 6.42 Å².